The molecule has 0 saturated carbocycles. The van der Waals surface area contributed by atoms with Crippen LogP contribution in [0.1, 0.15) is 34.4 Å². The summed E-state index contributed by atoms with van der Waals surface area (Å²) in [5.74, 6) is 0.549. The molecule has 2 aliphatic rings. The fourth-order valence-electron chi connectivity index (χ4n) is 4.94. The van der Waals surface area contributed by atoms with Gasteiger partial charge in [0.2, 0.25) is 5.95 Å². The first-order valence-corrected chi connectivity index (χ1v) is 11.6. The predicted molar refractivity (Wildman–Crippen MR) is 128 cm³/mol. The number of fused-ring (bicyclic) bond motifs is 2. The second kappa shape index (κ2) is 7.48. The number of rotatable bonds is 4. The number of carbonyl (C=O) groups excluding carboxylic acids is 1. The minimum atomic E-state index is -0.996. The molecule has 0 aliphatic carbocycles. The third-order valence-electron chi connectivity index (χ3n) is 6.77. The molecule has 3 aromatic heterocycles. The Balaban J connectivity index is 1.63. The van der Waals surface area contributed by atoms with Crippen molar-refractivity contribution in [1.82, 2.24) is 29.5 Å². The molecule has 175 valence electrons. The van der Waals surface area contributed by atoms with Crippen molar-refractivity contribution in [3.8, 4) is 5.69 Å². The molecule has 3 radical (unpaired) electrons. The van der Waals surface area contributed by atoms with Gasteiger partial charge in [0.25, 0.3) is 11.5 Å². The number of nitrogen functional groups attached to an aromatic ring is 1. The first-order valence-electron chi connectivity index (χ1n) is 11.1. The van der Waals surface area contributed by atoms with E-state index in [9.17, 15) is 14.7 Å². The van der Waals surface area contributed by atoms with Gasteiger partial charge in [0.15, 0.2) is 5.82 Å². The molecule has 6 rings (SSSR count). The van der Waals surface area contributed by atoms with Gasteiger partial charge in [-0.15, -0.1) is 0 Å². The summed E-state index contributed by atoms with van der Waals surface area (Å²) in [7, 11) is 3.97. The predicted octanol–water partition coefficient (Wildman–Crippen LogP) is 0.0707. The number of anilines is 2. The second-order valence-corrected chi connectivity index (χ2v) is 9.54. The molecule has 2 atom stereocenters. The van der Waals surface area contributed by atoms with Crippen molar-refractivity contribution >= 4 is 33.4 Å². The lowest BCUT2D eigenvalue weighted by Crippen LogP contribution is -2.67. The fraction of sp³-hybridized carbons (Fsp3) is 0.261. The molecular formula is C23H21N8O3Si. The lowest BCUT2D eigenvalue weighted by atomic mass is 9.87. The zero-order valence-electron chi connectivity index (χ0n) is 18.8. The van der Waals surface area contributed by atoms with Crippen LogP contribution in [-0.4, -0.2) is 52.0 Å². The molecule has 4 aromatic rings. The standard InChI is InChI=1S/C23H21N8O3Si/c1-12-10-29(18-16-15(9-25-19(16)33)26-22(24)27-18)23(12,35)21-28-30-8-7-13(11-32)17(30)20(34)31(21)14-5-3-2-4-6-14/h2-8,12,32H,9-11H2,1H3,(H,25,33)(H2,24,26,27)/t12-,23?/m0/s1. The van der Waals surface area contributed by atoms with E-state index >= 15 is 0 Å². The SMILES string of the molecule is C[C@H]1CN(c2nc(N)nc3c2C(=O)NC3)C1([Si])c1nn2ccc(CO)c2c(=O)n1-c1ccccc1. The smallest absolute Gasteiger partial charge is 0.282 e. The van der Waals surface area contributed by atoms with Crippen LogP contribution in [0.2, 0.25) is 0 Å². The second-order valence-electron chi connectivity index (χ2n) is 8.78. The van der Waals surface area contributed by atoms with Crippen LogP contribution in [-0.2, 0) is 18.3 Å². The number of benzene rings is 1. The summed E-state index contributed by atoms with van der Waals surface area (Å²) in [6.07, 6.45) is 1.65. The minimum Gasteiger partial charge on any atom is -0.392 e. The van der Waals surface area contributed by atoms with Gasteiger partial charge in [-0.2, -0.15) is 10.1 Å². The van der Waals surface area contributed by atoms with E-state index in [1.807, 2.05) is 42.2 Å². The number of amides is 1. The third kappa shape index (κ3) is 2.90. The van der Waals surface area contributed by atoms with Crippen molar-refractivity contribution in [2.75, 3.05) is 17.2 Å². The van der Waals surface area contributed by atoms with Crippen LogP contribution in [0.15, 0.2) is 47.4 Å². The molecule has 4 N–H and O–H groups in total. The van der Waals surface area contributed by atoms with E-state index < -0.39 is 5.16 Å². The van der Waals surface area contributed by atoms with E-state index in [1.54, 1.807) is 12.3 Å². The molecule has 1 saturated heterocycles. The molecule has 11 nitrogen and oxygen atoms in total. The molecule has 1 amide bonds. The van der Waals surface area contributed by atoms with Crippen molar-refractivity contribution in [2.24, 2.45) is 5.92 Å². The summed E-state index contributed by atoms with van der Waals surface area (Å²) in [4.78, 5) is 37.0. The van der Waals surface area contributed by atoms with Gasteiger partial charge < -0.3 is 21.1 Å². The monoisotopic (exact) mass is 485 g/mol. The Morgan fingerprint density at radius 1 is 1.23 bits per heavy atom. The maximum Gasteiger partial charge on any atom is 0.282 e. The number of nitrogens with one attached hydrogen (secondary N) is 1. The first kappa shape index (κ1) is 21.5. The number of aliphatic hydroxyl groups is 1. The summed E-state index contributed by atoms with van der Waals surface area (Å²) < 4.78 is 3.02. The number of aromatic nitrogens is 5. The number of hydrogen-bond donors (Lipinski definition) is 3. The van der Waals surface area contributed by atoms with Crippen LogP contribution in [0.3, 0.4) is 0 Å². The number of nitrogens with zero attached hydrogens (tertiary/aromatic N) is 6. The quantitative estimate of drug-likeness (QED) is 0.345. The van der Waals surface area contributed by atoms with Crippen molar-refractivity contribution in [3.05, 3.63) is 75.6 Å². The van der Waals surface area contributed by atoms with Gasteiger partial charge in [-0.05, 0) is 18.2 Å². The van der Waals surface area contributed by atoms with Gasteiger partial charge in [-0.1, -0.05) is 25.1 Å². The molecule has 1 unspecified atom stereocenters. The van der Waals surface area contributed by atoms with E-state index in [1.165, 1.54) is 9.08 Å². The highest BCUT2D eigenvalue weighted by Gasteiger charge is 2.54. The Labute approximate surface area is 202 Å². The van der Waals surface area contributed by atoms with Crippen LogP contribution >= 0.6 is 0 Å². The third-order valence-corrected chi connectivity index (χ3v) is 7.76. The van der Waals surface area contributed by atoms with Crippen molar-refractivity contribution in [3.63, 3.8) is 0 Å². The normalized spacial score (nSPS) is 21.2. The Hall–Kier alpha value is -4.03. The van der Waals surface area contributed by atoms with Gasteiger partial charge in [-0.25, -0.2) is 9.50 Å². The van der Waals surface area contributed by atoms with Crippen LogP contribution in [0.25, 0.3) is 11.2 Å². The van der Waals surface area contributed by atoms with Gasteiger partial charge >= 0.3 is 0 Å². The maximum absolute atomic E-state index is 13.9. The summed E-state index contributed by atoms with van der Waals surface area (Å²) in [5, 5.41) is 16.4. The average molecular weight is 486 g/mol. The molecule has 2 aliphatic heterocycles. The Morgan fingerprint density at radius 3 is 2.71 bits per heavy atom. The largest absolute Gasteiger partial charge is 0.392 e. The summed E-state index contributed by atoms with van der Waals surface area (Å²) in [6.45, 7) is 2.55. The lowest BCUT2D eigenvalue weighted by Gasteiger charge is -2.56. The average Bonchev–Trinajstić information content (AvgIpc) is 3.45. The fourth-order valence-corrected chi connectivity index (χ4v) is 5.39. The molecule has 1 fully saturated rings. The molecular weight excluding hydrogens is 464 g/mol. The number of para-hydroxylation sites is 1. The summed E-state index contributed by atoms with van der Waals surface area (Å²) in [5.41, 5.74) is 7.97. The van der Waals surface area contributed by atoms with Crippen LogP contribution in [0.5, 0.6) is 0 Å². The van der Waals surface area contributed by atoms with E-state index in [0.29, 0.717) is 46.2 Å². The Morgan fingerprint density at radius 2 is 2.00 bits per heavy atom. The number of nitrogens with two attached hydrogens (primary N) is 1. The molecule has 1 aromatic carbocycles. The van der Waals surface area contributed by atoms with Gasteiger partial charge in [0, 0.05) is 24.2 Å². The molecule has 12 heteroatoms. The topological polar surface area (TPSA) is 144 Å². The van der Waals surface area contributed by atoms with Crippen LogP contribution in [0, 0.1) is 5.92 Å². The number of aliphatic hydroxyl groups excluding tert-OH is 1. The molecule has 5 heterocycles. The zero-order valence-corrected chi connectivity index (χ0v) is 19.8. The Bertz CT molecular complexity index is 1570. The summed E-state index contributed by atoms with van der Waals surface area (Å²) in [6, 6.07) is 10.9. The van der Waals surface area contributed by atoms with Crippen LogP contribution in [0.4, 0.5) is 11.8 Å². The van der Waals surface area contributed by atoms with Crippen molar-refractivity contribution in [2.45, 2.75) is 25.2 Å². The molecule has 35 heavy (non-hydrogen) atoms. The highest BCUT2D eigenvalue weighted by Crippen LogP contribution is 2.46. The Kier molecular flexibility index (Phi) is 4.60. The van der Waals surface area contributed by atoms with E-state index in [4.69, 9.17) is 10.8 Å². The van der Waals surface area contributed by atoms with E-state index in [0.717, 1.165) is 0 Å². The number of hydrogen-bond acceptors (Lipinski definition) is 8. The number of carbonyl (C=O) groups is 1. The first-order chi connectivity index (χ1) is 16.8. The van der Waals surface area contributed by atoms with Gasteiger partial charge in [0.05, 0.1) is 39.9 Å². The minimum absolute atomic E-state index is 0.0253. The van der Waals surface area contributed by atoms with E-state index in [2.05, 4.69) is 25.5 Å². The highest BCUT2D eigenvalue weighted by molar-refractivity contribution is 6.19. The van der Waals surface area contributed by atoms with Crippen molar-refractivity contribution in [1.29, 1.82) is 0 Å². The van der Waals surface area contributed by atoms with Gasteiger partial charge in [0.1, 0.15) is 16.9 Å². The molecule has 0 bridgehead atoms. The van der Waals surface area contributed by atoms with Gasteiger partial charge in [-0.3, -0.25) is 14.2 Å². The van der Waals surface area contributed by atoms with Crippen molar-refractivity contribution < 1.29 is 9.90 Å². The molecule has 0 spiro atoms. The van der Waals surface area contributed by atoms with Crippen LogP contribution < -0.4 is 21.5 Å². The summed E-state index contributed by atoms with van der Waals surface area (Å²) >= 11 is 0. The maximum atomic E-state index is 13.9. The zero-order chi connectivity index (χ0) is 24.5. The highest BCUT2D eigenvalue weighted by atomic mass is 28.1. The lowest BCUT2D eigenvalue weighted by molar-refractivity contribution is 0.0965. The van der Waals surface area contributed by atoms with E-state index in [-0.39, 0.29) is 36.5 Å².